The predicted molar refractivity (Wildman–Crippen MR) is 63.7 cm³/mol. The zero-order valence-corrected chi connectivity index (χ0v) is 9.80. The van der Waals surface area contributed by atoms with Crippen LogP contribution < -0.4 is 5.56 Å². The molecule has 5 heteroatoms. The molecule has 2 rings (SSSR count). The third kappa shape index (κ3) is 2.49. The summed E-state index contributed by atoms with van der Waals surface area (Å²) in [5, 5.41) is 0.735. The van der Waals surface area contributed by atoms with Crippen molar-refractivity contribution in [2.24, 2.45) is 0 Å². The Labute approximate surface area is 97.0 Å². The van der Waals surface area contributed by atoms with Gasteiger partial charge >= 0.3 is 0 Å². The molecule has 0 unspecified atom stereocenters. The van der Waals surface area contributed by atoms with E-state index in [1.54, 1.807) is 0 Å². The molecule has 4 nitrogen and oxygen atoms in total. The molecule has 2 aromatic rings. The van der Waals surface area contributed by atoms with Crippen molar-refractivity contribution < 1.29 is 9.47 Å². The van der Waals surface area contributed by atoms with E-state index in [2.05, 4.69) is 4.37 Å². The maximum atomic E-state index is 11.3. The van der Waals surface area contributed by atoms with Crippen LogP contribution in [0.4, 0.5) is 0 Å². The summed E-state index contributed by atoms with van der Waals surface area (Å²) < 4.78 is 14.0. The van der Waals surface area contributed by atoms with E-state index < -0.39 is 0 Å². The zero-order valence-electron chi connectivity index (χ0n) is 8.99. The SMILES string of the molecule is CCOCOCc1ccc2c(=O)[nH]sc2c1. The number of aromatic amines is 1. The van der Waals surface area contributed by atoms with E-state index in [0.717, 1.165) is 15.6 Å². The summed E-state index contributed by atoms with van der Waals surface area (Å²) >= 11 is 1.35. The fraction of sp³-hybridized carbons (Fsp3) is 0.364. The molecule has 86 valence electrons. The second-order valence-corrected chi connectivity index (χ2v) is 4.17. The van der Waals surface area contributed by atoms with Crippen LogP contribution in [0.1, 0.15) is 12.5 Å². The van der Waals surface area contributed by atoms with Gasteiger partial charge in [0.15, 0.2) is 0 Å². The number of benzene rings is 1. The van der Waals surface area contributed by atoms with Gasteiger partial charge in [-0.2, -0.15) is 0 Å². The number of ether oxygens (including phenoxy) is 2. The second-order valence-electron chi connectivity index (χ2n) is 3.32. The quantitative estimate of drug-likeness (QED) is 0.642. The van der Waals surface area contributed by atoms with Crippen molar-refractivity contribution in [3.8, 4) is 0 Å². The molecule has 0 saturated carbocycles. The molecular weight excluding hydrogens is 226 g/mol. The minimum absolute atomic E-state index is 0.0261. The van der Waals surface area contributed by atoms with Crippen molar-refractivity contribution in [3.63, 3.8) is 0 Å². The standard InChI is InChI=1S/C11H13NO3S/c1-2-14-7-15-6-8-3-4-9-10(5-8)16-12-11(9)13/h3-5H,2,6-7H2,1H3,(H,12,13). The molecule has 0 bridgehead atoms. The van der Waals surface area contributed by atoms with Crippen LogP contribution in [0, 0.1) is 0 Å². The summed E-state index contributed by atoms with van der Waals surface area (Å²) in [6.45, 7) is 3.38. The molecule has 0 fully saturated rings. The molecular formula is C11H13NO3S. The summed E-state index contributed by atoms with van der Waals surface area (Å²) in [6.07, 6.45) is 0. The first-order chi connectivity index (χ1) is 7.81. The van der Waals surface area contributed by atoms with E-state index in [1.807, 2.05) is 25.1 Å². The van der Waals surface area contributed by atoms with E-state index in [4.69, 9.17) is 9.47 Å². The monoisotopic (exact) mass is 239 g/mol. The third-order valence-electron chi connectivity index (χ3n) is 2.18. The van der Waals surface area contributed by atoms with Gasteiger partial charge in [0.2, 0.25) is 0 Å². The number of nitrogens with one attached hydrogen (secondary N) is 1. The van der Waals surface area contributed by atoms with Gasteiger partial charge < -0.3 is 9.47 Å². The Hall–Kier alpha value is -1.17. The van der Waals surface area contributed by atoms with Gasteiger partial charge in [-0.15, -0.1) is 0 Å². The van der Waals surface area contributed by atoms with Crippen LogP contribution in [-0.4, -0.2) is 17.8 Å². The van der Waals surface area contributed by atoms with Crippen molar-refractivity contribution >= 4 is 21.6 Å². The van der Waals surface area contributed by atoms with E-state index >= 15 is 0 Å². The highest BCUT2D eigenvalue weighted by atomic mass is 32.1. The van der Waals surface area contributed by atoms with Crippen LogP contribution in [-0.2, 0) is 16.1 Å². The Kier molecular flexibility index (Phi) is 3.71. The molecule has 1 heterocycles. The Morgan fingerprint density at radius 1 is 1.38 bits per heavy atom. The molecule has 0 saturated heterocycles. The smallest absolute Gasteiger partial charge is 0.265 e. The number of rotatable bonds is 5. The van der Waals surface area contributed by atoms with Crippen molar-refractivity contribution in [3.05, 3.63) is 34.1 Å². The molecule has 16 heavy (non-hydrogen) atoms. The van der Waals surface area contributed by atoms with Crippen LogP contribution in [0.15, 0.2) is 23.0 Å². The molecule has 1 aromatic heterocycles. The zero-order chi connectivity index (χ0) is 11.4. The summed E-state index contributed by atoms with van der Waals surface area (Å²) in [5.74, 6) is 0. The number of aromatic nitrogens is 1. The van der Waals surface area contributed by atoms with E-state index in [1.165, 1.54) is 11.5 Å². The maximum absolute atomic E-state index is 11.3. The first-order valence-corrected chi connectivity index (χ1v) is 5.88. The molecule has 0 aliphatic carbocycles. The molecule has 1 aromatic carbocycles. The molecule has 0 atom stereocenters. The number of fused-ring (bicyclic) bond motifs is 1. The van der Waals surface area contributed by atoms with E-state index in [0.29, 0.717) is 20.0 Å². The maximum Gasteiger partial charge on any atom is 0.265 e. The summed E-state index contributed by atoms with van der Waals surface area (Å²) in [7, 11) is 0. The molecule has 0 aliphatic heterocycles. The normalized spacial score (nSPS) is 11.1. The van der Waals surface area contributed by atoms with Gasteiger partial charge in [-0.3, -0.25) is 9.17 Å². The minimum Gasteiger partial charge on any atom is -0.356 e. The lowest BCUT2D eigenvalue weighted by molar-refractivity contribution is -0.0571. The summed E-state index contributed by atoms with van der Waals surface area (Å²) in [6, 6.07) is 5.68. The average Bonchev–Trinajstić information content (AvgIpc) is 2.66. The van der Waals surface area contributed by atoms with Gasteiger partial charge in [0.25, 0.3) is 5.56 Å². The van der Waals surface area contributed by atoms with Gasteiger partial charge in [-0.25, -0.2) is 0 Å². The van der Waals surface area contributed by atoms with Gasteiger partial charge in [-0.1, -0.05) is 17.6 Å². The molecule has 0 radical (unpaired) electrons. The van der Waals surface area contributed by atoms with E-state index in [9.17, 15) is 4.79 Å². The highest BCUT2D eigenvalue weighted by molar-refractivity contribution is 7.13. The van der Waals surface area contributed by atoms with Crippen molar-refractivity contribution in [1.82, 2.24) is 4.37 Å². The second kappa shape index (κ2) is 5.25. The lowest BCUT2D eigenvalue weighted by atomic mass is 10.2. The van der Waals surface area contributed by atoms with Gasteiger partial charge in [-0.05, 0) is 24.6 Å². The Morgan fingerprint density at radius 2 is 2.25 bits per heavy atom. The van der Waals surface area contributed by atoms with Gasteiger partial charge in [0.1, 0.15) is 6.79 Å². The van der Waals surface area contributed by atoms with Crippen molar-refractivity contribution in [2.75, 3.05) is 13.4 Å². The molecule has 0 amide bonds. The fourth-order valence-corrected chi connectivity index (χ4v) is 2.18. The molecule has 1 N–H and O–H groups in total. The van der Waals surface area contributed by atoms with E-state index in [-0.39, 0.29) is 5.56 Å². The number of hydrogen-bond donors (Lipinski definition) is 1. The summed E-state index contributed by atoms with van der Waals surface area (Å²) in [5.41, 5.74) is 1.02. The lowest BCUT2D eigenvalue weighted by Gasteiger charge is -2.03. The topological polar surface area (TPSA) is 51.3 Å². The Bertz CT molecular complexity index is 517. The lowest BCUT2D eigenvalue weighted by Crippen LogP contribution is -2.00. The fourth-order valence-electron chi connectivity index (χ4n) is 1.39. The first-order valence-electron chi connectivity index (χ1n) is 5.07. The van der Waals surface area contributed by atoms with Crippen LogP contribution in [0.5, 0.6) is 0 Å². The van der Waals surface area contributed by atoms with Gasteiger partial charge in [0, 0.05) is 6.61 Å². The van der Waals surface area contributed by atoms with Crippen LogP contribution in [0.25, 0.3) is 10.1 Å². The minimum atomic E-state index is -0.0261. The first kappa shape index (κ1) is 11.3. The average molecular weight is 239 g/mol. The largest absolute Gasteiger partial charge is 0.356 e. The highest BCUT2D eigenvalue weighted by Crippen LogP contribution is 2.16. The van der Waals surface area contributed by atoms with Crippen LogP contribution in [0.3, 0.4) is 0 Å². The van der Waals surface area contributed by atoms with Crippen LogP contribution in [0.2, 0.25) is 0 Å². The van der Waals surface area contributed by atoms with Crippen molar-refractivity contribution in [1.29, 1.82) is 0 Å². The predicted octanol–water partition coefficient (Wildman–Crippen LogP) is 2.10. The number of hydrogen-bond acceptors (Lipinski definition) is 4. The number of H-pyrrole nitrogens is 1. The molecule has 0 spiro atoms. The summed E-state index contributed by atoms with van der Waals surface area (Å²) in [4.78, 5) is 11.3. The van der Waals surface area contributed by atoms with Crippen molar-refractivity contribution in [2.45, 2.75) is 13.5 Å². The molecule has 0 aliphatic rings. The van der Waals surface area contributed by atoms with Crippen LogP contribution >= 0.6 is 11.5 Å². The highest BCUT2D eigenvalue weighted by Gasteiger charge is 2.02. The third-order valence-corrected chi connectivity index (χ3v) is 3.03. The Balaban J connectivity index is 2.05. The van der Waals surface area contributed by atoms with Gasteiger partial charge in [0.05, 0.1) is 16.7 Å². The Morgan fingerprint density at radius 3 is 3.06 bits per heavy atom.